The van der Waals surface area contributed by atoms with E-state index in [-0.39, 0.29) is 5.56 Å². The normalized spacial score (nSPS) is 10.9. The molecular weight excluding hydrogens is 374 g/mol. The zero-order valence-electron chi connectivity index (χ0n) is 12.3. The number of aromatic carboxylic acids is 1. The highest BCUT2D eigenvalue weighted by Gasteiger charge is 2.08. The Bertz CT molecular complexity index is 889. The van der Waals surface area contributed by atoms with E-state index in [2.05, 4.69) is 36.8 Å². The molecule has 0 unspecified atom stereocenters. The first-order valence-corrected chi connectivity index (χ1v) is 7.74. The molecule has 0 atom stereocenters. The van der Waals surface area contributed by atoms with Crippen LogP contribution >= 0.6 is 15.9 Å². The van der Waals surface area contributed by atoms with Crippen molar-refractivity contribution in [2.45, 2.75) is 0 Å². The van der Waals surface area contributed by atoms with Crippen molar-refractivity contribution < 1.29 is 9.90 Å². The van der Waals surface area contributed by atoms with E-state index >= 15 is 0 Å². The summed E-state index contributed by atoms with van der Waals surface area (Å²) in [5.41, 5.74) is 1.49. The summed E-state index contributed by atoms with van der Waals surface area (Å²) in [6.45, 7) is 0. The van der Waals surface area contributed by atoms with Gasteiger partial charge in [-0.15, -0.1) is 5.10 Å². The molecule has 0 fully saturated rings. The van der Waals surface area contributed by atoms with E-state index in [0.717, 1.165) is 10.2 Å². The molecule has 1 heterocycles. The van der Waals surface area contributed by atoms with Gasteiger partial charge < -0.3 is 10.4 Å². The summed E-state index contributed by atoms with van der Waals surface area (Å²) in [6.07, 6.45) is 3.27. The third-order valence-electron chi connectivity index (χ3n) is 3.19. The van der Waals surface area contributed by atoms with E-state index in [1.807, 2.05) is 24.3 Å². The van der Waals surface area contributed by atoms with Crippen LogP contribution in [-0.4, -0.2) is 31.3 Å². The number of aromatic nitrogens is 4. The van der Waals surface area contributed by atoms with E-state index in [0.29, 0.717) is 11.5 Å². The third kappa shape index (κ3) is 3.49. The van der Waals surface area contributed by atoms with Crippen molar-refractivity contribution in [3.05, 3.63) is 70.6 Å². The fourth-order valence-corrected chi connectivity index (χ4v) is 2.33. The third-order valence-corrected chi connectivity index (χ3v) is 3.72. The highest BCUT2D eigenvalue weighted by molar-refractivity contribution is 9.10. The molecule has 0 bridgehead atoms. The van der Waals surface area contributed by atoms with Crippen LogP contribution in [0.3, 0.4) is 0 Å². The molecule has 0 aliphatic carbocycles. The topological polar surface area (TPSA) is 92.9 Å². The van der Waals surface area contributed by atoms with Gasteiger partial charge >= 0.3 is 5.97 Å². The lowest BCUT2D eigenvalue weighted by Gasteiger charge is -2.05. The summed E-state index contributed by atoms with van der Waals surface area (Å²) in [5.74, 6) is -0.483. The minimum absolute atomic E-state index is 0.189. The number of rotatable bonds is 5. The maximum absolute atomic E-state index is 11.2. The fraction of sp³-hybridized carbons (Fsp3) is 0. The standard InChI is InChI=1S/C16H12BrN5O2/c17-11-5-7-12(8-6-11)22-15(19-20-21-22)9-10-18-14-4-2-1-3-13(14)16(23)24/h1-10,18H,(H,23,24). The number of carbonyl (C=O) groups is 1. The Balaban J connectivity index is 1.81. The van der Waals surface area contributed by atoms with E-state index < -0.39 is 5.97 Å². The molecule has 24 heavy (non-hydrogen) atoms. The summed E-state index contributed by atoms with van der Waals surface area (Å²) < 4.78 is 2.54. The molecule has 3 aromatic rings. The maximum atomic E-state index is 11.2. The first-order valence-electron chi connectivity index (χ1n) is 6.95. The van der Waals surface area contributed by atoms with Crippen molar-refractivity contribution in [3.63, 3.8) is 0 Å². The number of para-hydroxylation sites is 1. The Labute approximate surface area is 145 Å². The van der Waals surface area contributed by atoms with Gasteiger partial charge in [0.15, 0.2) is 5.82 Å². The maximum Gasteiger partial charge on any atom is 0.337 e. The van der Waals surface area contributed by atoms with E-state index in [4.69, 9.17) is 5.11 Å². The molecule has 0 spiro atoms. The summed E-state index contributed by atoms with van der Waals surface area (Å²) in [7, 11) is 0. The number of anilines is 1. The molecule has 2 N–H and O–H groups in total. The number of halogens is 1. The van der Waals surface area contributed by atoms with Gasteiger partial charge in [0.1, 0.15) is 0 Å². The molecule has 0 aliphatic rings. The van der Waals surface area contributed by atoms with Crippen LogP contribution in [0.4, 0.5) is 5.69 Å². The minimum Gasteiger partial charge on any atom is -0.478 e. The zero-order chi connectivity index (χ0) is 16.9. The predicted molar refractivity (Wildman–Crippen MR) is 92.9 cm³/mol. The average Bonchev–Trinajstić information content (AvgIpc) is 3.04. The van der Waals surface area contributed by atoms with Crippen molar-refractivity contribution in [2.75, 3.05) is 5.32 Å². The lowest BCUT2D eigenvalue weighted by molar-refractivity contribution is 0.0698. The summed E-state index contributed by atoms with van der Waals surface area (Å²) in [6, 6.07) is 14.2. The van der Waals surface area contributed by atoms with Crippen molar-refractivity contribution in [2.24, 2.45) is 0 Å². The largest absolute Gasteiger partial charge is 0.478 e. The highest BCUT2D eigenvalue weighted by Crippen LogP contribution is 2.16. The van der Waals surface area contributed by atoms with Crippen molar-refractivity contribution >= 4 is 33.7 Å². The van der Waals surface area contributed by atoms with E-state index in [1.54, 1.807) is 35.2 Å². The van der Waals surface area contributed by atoms with E-state index in [9.17, 15) is 4.79 Å². The highest BCUT2D eigenvalue weighted by atomic mass is 79.9. The van der Waals surface area contributed by atoms with Crippen molar-refractivity contribution in [1.82, 2.24) is 20.2 Å². The van der Waals surface area contributed by atoms with Gasteiger partial charge in [-0.05, 0) is 46.8 Å². The molecule has 0 amide bonds. The Morgan fingerprint density at radius 2 is 1.92 bits per heavy atom. The molecule has 1 aromatic heterocycles. The number of nitrogens with one attached hydrogen (secondary N) is 1. The second-order valence-corrected chi connectivity index (χ2v) is 5.67. The van der Waals surface area contributed by atoms with Gasteiger partial charge in [-0.2, -0.15) is 4.68 Å². The van der Waals surface area contributed by atoms with Gasteiger partial charge in [0.25, 0.3) is 0 Å². The Morgan fingerprint density at radius 1 is 1.17 bits per heavy atom. The summed E-state index contributed by atoms with van der Waals surface area (Å²) in [5, 5.41) is 23.7. The molecule has 3 rings (SSSR count). The number of tetrazole rings is 1. The van der Waals surface area contributed by atoms with Crippen LogP contribution in [0.5, 0.6) is 0 Å². The molecule has 0 aliphatic heterocycles. The average molecular weight is 386 g/mol. The first kappa shape index (κ1) is 15.9. The van der Waals surface area contributed by atoms with Gasteiger partial charge in [-0.1, -0.05) is 28.1 Å². The summed E-state index contributed by atoms with van der Waals surface area (Å²) in [4.78, 5) is 11.2. The molecule has 7 nitrogen and oxygen atoms in total. The van der Waals surface area contributed by atoms with Gasteiger partial charge in [0.2, 0.25) is 0 Å². The van der Waals surface area contributed by atoms with Gasteiger partial charge in [0, 0.05) is 16.7 Å². The Hall–Kier alpha value is -3.00. The molecule has 0 saturated carbocycles. The molecule has 0 radical (unpaired) electrons. The smallest absolute Gasteiger partial charge is 0.337 e. The minimum atomic E-state index is -0.994. The number of carboxylic acids is 1. The predicted octanol–water partition coefficient (Wildman–Crippen LogP) is 3.21. The molecule has 0 saturated heterocycles. The molecule has 120 valence electrons. The fourth-order valence-electron chi connectivity index (χ4n) is 2.07. The molecule has 2 aromatic carbocycles. The molecule has 8 heteroatoms. The van der Waals surface area contributed by atoms with Crippen LogP contribution in [0.25, 0.3) is 11.8 Å². The Kier molecular flexibility index (Phi) is 4.66. The number of carboxylic acid groups (broad SMARTS) is 1. The first-order chi connectivity index (χ1) is 11.6. The van der Waals surface area contributed by atoms with Crippen LogP contribution in [0.15, 0.2) is 59.2 Å². The second kappa shape index (κ2) is 7.05. The molecular formula is C16H12BrN5O2. The number of nitrogens with zero attached hydrogens (tertiary/aromatic N) is 4. The van der Waals surface area contributed by atoms with Crippen molar-refractivity contribution in [1.29, 1.82) is 0 Å². The number of benzene rings is 2. The van der Waals surface area contributed by atoms with Gasteiger partial charge in [-0.3, -0.25) is 0 Å². The number of hydrogen-bond acceptors (Lipinski definition) is 5. The number of hydrogen-bond donors (Lipinski definition) is 2. The lowest BCUT2D eigenvalue weighted by atomic mass is 10.2. The van der Waals surface area contributed by atoms with Crippen molar-refractivity contribution in [3.8, 4) is 5.69 Å². The van der Waals surface area contributed by atoms with Gasteiger partial charge in [-0.25, -0.2) is 4.79 Å². The van der Waals surface area contributed by atoms with Crippen LogP contribution < -0.4 is 5.32 Å². The zero-order valence-corrected chi connectivity index (χ0v) is 13.9. The van der Waals surface area contributed by atoms with Gasteiger partial charge in [0.05, 0.1) is 16.9 Å². The monoisotopic (exact) mass is 385 g/mol. The van der Waals surface area contributed by atoms with Crippen LogP contribution in [0.2, 0.25) is 0 Å². The van der Waals surface area contributed by atoms with E-state index in [1.165, 1.54) is 6.07 Å². The van der Waals surface area contributed by atoms with Crippen LogP contribution in [-0.2, 0) is 0 Å². The van der Waals surface area contributed by atoms with Crippen LogP contribution in [0, 0.1) is 0 Å². The lowest BCUT2D eigenvalue weighted by Crippen LogP contribution is -2.02. The van der Waals surface area contributed by atoms with Crippen LogP contribution in [0.1, 0.15) is 16.2 Å². The summed E-state index contributed by atoms with van der Waals surface area (Å²) >= 11 is 3.38. The SMILES string of the molecule is O=C(O)c1ccccc1NC=Cc1nnnn1-c1ccc(Br)cc1. The second-order valence-electron chi connectivity index (χ2n) is 4.75. The quantitative estimate of drug-likeness (QED) is 0.700. The Morgan fingerprint density at radius 3 is 2.67 bits per heavy atom.